The van der Waals surface area contributed by atoms with Crippen LogP contribution in [0.1, 0.15) is 35.8 Å². The van der Waals surface area contributed by atoms with E-state index in [0.717, 1.165) is 25.0 Å². The number of hydrogen-bond acceptors (Lipinski definition) is 4. The van der Waals surface area contributed by atoms with Crippen LogP contribution in [0.5, 0.6) is 0 Å². The molecule has 5 heteroatoms. The number of esters is 1. The second-order valence-electron chi connectivity index (χ2n) is 4.24. The lowest BCUT2D eigenvalue weighted by atomic mass is 10.1. The minimum absolute atomic E-state index is 0.0525. The van der Waals surface area contributed by atoms with Gasteiger partial charge in [-0.3, -0.25) is 0 Å². The van der Waals surface area contributed by atoms with Gasteiger partial charge in [-0.1, -0.05) is 18.5 Å². The van der Waals surface area contributed by atoms with Crippen molar-refractivity contribution in [2.75, 3.05) is 13.2 Å². The van der Waals surface area contributed by atoms with Crippen molar-refractivity contribution >= 4 is 17.6 Å². The van der Waals surface area contributed by atoms with E-state index in [1.165, 1.54) is 0 Å². The number of carbonyl (C=O) groups excluding carboxylic acids is 1. The monoisotopic (exact) mass is 269 g/mol. The van der Waals surface area contributed by atoms with Crippen molar-refractivity contribution in [3.05, 3.63) is 28.5 Å². The summed E-state index contributed by atoms with van der Waals surface area (Å²) in [6.07, 6.45) is 2.19. The summed E-state index contributed by atoms with van der Waals surface area (Å²) in [5.41, 5.74) is 1.26. The van der Waals surface area contributed by atoms with Gasteiger partial charge in [-0.25, -0.2) is 9.78 Å². The Morgan fingerprint density at radius 2 is 2.22 bits per heavy atom. The van der Waals surface area contributed by atoms with E-state index in [9.17, 15) is 4.79 Å². The highest BCUT2D eigenvalue weighted by molar-refractivity contribution is 6.29. The zero-order valence-corrected chi connectivity index (χ0v) is 11.1. The summed E-state index contributed by atoms with van der Waals surface area (Å²) in [6.45, 7) is 3.26. The molecule has 0 bridgehead atoms. The van der Waals surface area contributed by atoms with Gasteiger partial charge in [0.1, 0.15) is 11.3 Å². The van der Waals surface area contributed by atoms with E-state index in [4.69, 9.17) is 21.1 Å². The summed E-state index contributed by atoms with van der Waals surface area (Å²) in [5.74, 6) is -0.332. The molecule has 0 spiro atoms. The van der Waals surface area contributed by atoms with Crippen LogP contribution < -0.4 is 0 Å². The number of aromatic nitrogens is 1. The quantitative estimate of drug-likeness (QED) is 0.625. The fourth-order valence-corrected chi connectivity index (χ4v) is 2.09. The van der Waals surface area contributed by atoms with Gasteiger partial charge < -0.3 is 9.47 Å². The molecule has 0 unspecified atom stereocenters. The molecule has 2 heterocycles. The lowest BCUT2D eigenvalue weighted by Gasteiger charge is -2.22. The zero-order chi connectivity index (χ0) is 13.0. The second kappa shape index (κ2) is 6.16. The fraction of sp³-hybridized carbons (Fsp3) is 0.538. The van der Waals surface area contributed by atoms with Crippen molar-refractivity contribution in [1.82, 2.24) is 4.98 Å². The van der Waals surface area contributed by atoms with Crippen LogP contribution in [0.2, 0.25) is 5.15 Å². The Hall–Kier alpha value is -1.13. The largest absolute Gasteiger partial charge is 0.459 e. The molecule has 1 saturated heterocycles. The van der Waals surface area contributed by atoms with E-state index in [-0.39, 0.29) is 12.1 Å². The van der Waals surface area contributed by atoms with Gasteiger partial charge in [0, 0.05) is 18.5 Å². The first-order chi connectivity index (χ1) is 8.69. The lowest BCUT2D eigenvalue weighted by molar-refractivity contribution is -0.0159. The van der Waals surface area contributed by atoms with E-state index in [2.05, 4.69) is 4.98 Å². The molecule has 0 atom stereocenters. The smallest absolute Gasteiger partial charge is 0.338 e. The summed E-state index contributed by atoms with van der Waals surface area (Å²) in [4.78, 5) is 16.1. The number of pyridine rings is 1. The summed E-state index contributed by atoms with van der Waals surface area (Å²) in [5, 5.41) is 0.327. The predicted octanol–water partition coefficient (Wildman–Crippen LogP) is 2.63. The van der Waals surface area contributed by atoms with Gasteiger partial charge in [-0.05, 0) is 18.6 Å². The van der Waals surface area contributed by atoms with Crippen molar-refractivity contribution < 1.29 is 14.3 Å². The molecular weight excluding hydrogens is 254 g/mol. The van der Waals surface area contributed by atoms with Gasteiger partial charge in [0.25, 0.3) is 0 Å². The molecular formula is C13H16ClNO3. The minimum Gasteiger partial charge on any atom is -0.459 e. The minimum atomic E-state index is -0.332. The summed E-state index contributed by atoms with van der Waals surface area (Å²) >= 11 is 5.88. The third-order valence-corrected chi connectivity index (χ3v) is 3.08. The molecule has 0 amide bonds. The Labute approximate surface area is 111 Å². The maximum absolute atomic E-state index is 12.0. The molecule has 2 rings (SSSR count). The third-order valence-electron chi connectivity index (χ3n) is 2.89. The lowest BCUT2D eigenvalue weighted by Crippen LogP contribution is -2.26. The normalized spacial score (nSPS) is 16.6. The average Bonchev–Trinajstić information content (AvgIpc) is 2.39. The SMILES string of the molecule is CCc1cc(C(=O)OC2CCOCC2)cc(Cl)n1. The molecule has 1 aromatic heterocycles. The Kier molecular flexibility index (Phi) is 4.55. The van der Waals surface area contributed by atoms with Crippen LogP contribution in [-0.4, -0.2) is 30.3 Å². The molecule has 1 aliphatic heterocycles. The van der Waals surface area contributed by atoms with Gasteiger partial charge in [-0.15, -0.1) is 0 Å². The standard InChI is InChI=1S/C13H16ClNO3/c1-2-10-7-9(8-12(14)15-10)13(16)18-11-3-5-17-6-4-11/h7-8,11H,2-6H2,1H3. The second-order valence-corrected chi connectivity index (χ2v) is 4.63. The van der Waals surface area contributed by atoms with Gasteiger partial charge >= 0.3 is 5.97 Å². The number of ether oxygens (including phenoxy) is 2. The fourth-order valence-electron chi connectivity index (χ4n) is 1.86. The molecule has 1 aromatic rings. The van der Waals surface area contributed by atoms with Crippen LogP contribution in [0.25, 0.3) is 0 Å². The highest BCUT2D eigenvalue weighted by Gasteiger charge is 2.19. The Morgan fingerprint density at radius 3 is 2.89 bits per heavy atom. The number of hydrogen-bond donors (Lipinski definition) is 0. The number of aryl methyl sites for hydroxylation is 1. The number of halogens is 1. The van der Waals surface area contributed by atoms with E-state index in [1.54, 1.807) is 12.1 Å². The summed E-state index contributed by atoms with van der Waals surface area (Å²) in [6, 6.07) is 3.27. The first kappa shape index (κ1) is 13.3. The van der Waals surface area contributed by atoms with Crippen molar-refractivity contribution in [2.45, 2.75) is 32.3 Å². The third kappa shape index (κ3) is 3.43. The van der Waals surface area contributed by atoms with Crippen LogP contribution in [0, 0.1) is 0 Å². The number of rotatable bonds is 3. The first-order valence-corrected chi connectivity index (χ1v) is 6.52. The van der Waals surface area contributed by atoms with Crippen molar-refractivity contribution in [2.24, 2.45) is 0 Å². The van der Waals surface area contributed by atoms with Crippen molar-refractivity contribution in [1.29, 1.82) is 0 Å². The zero-order valence-electron chi connectivity index (χ0n) is 10.3. The molecule has 0 radical (unpaired) electrons. The van der Waals surface area contributed by atoms with Gasteiger partial charge in [0.2, 0.25) is 0 Å². The van der Waals surface area contributed by atoms with Gasteiger partial charge in [-0.2, -0.15) is 0 Å². The van der Waals surface area contributed by atoms with Crippen LogP contribution in [0.4, 0.5) is 0 Å². The highest BCUT2D eigenvalue weighted by atomic mass is 35.5. The summed E-state index contributed by atoms with van der Waals surface area (Å²) in [7, 11) is 0. The van der Waals surface area contributed by atoms with Crippen LogP contribution in [0.15, 0.2) is 12.1 Å². The number of nitrogens with zero attached hydrogens (tertiary/aromatic N) is 1. The van der Waals surface area contributed by atoms with Gasteiger partial charge in [0.15, 0.2) is 0 Å². The topological polar surface area (TPSA) is 48.4 Å². The first-order valence-electron chi connectivity index (χ1n) is 6.14. The molecule has 0 saturated carbocycles. The molecule has 0 aliphatic carbocycles. The maximum atomic E-state index is 12.0. The molecule has 1 fully saturated rings. The molecule has 18 heavy (non-hydrogen) atoms. The molecule has 1 aliphatic rings. The van der Waals surface area contributed by atoms with Crippen LogP contribution >= 0.6 is 11.6 Å². The molecule has 98 valence electrons. The average molecular weight is 270 g/mol. The van der Waals surface area contributed by atoms with Crippen LogP contribution in [0.3, 0.4) is 0 Å². The highest BCUT2D eigenvalue weighted by Crippen LogP contribution is 2.16. The molecule has 0 aromatic carbocycles. The number of carbonyl (C=O) groups is 1. The van der Waals surface area contributed by atoms with Gasteiger partial charge in [0.05, 0.1) is 18.8 Å². The van der Waals surface area contributed by atoms with E-state index >= 15 is 0 Å². The molecule has 0 N–H and O–H groups in total. The maximum Gasteiger partial charge on any atom is 0.338 e. The Balaban J connectivity index is 2.05. The predicted molar refractivity (Wildman–Crippen MR) is 67.9 cm³/mol. The van der Waals surface area contributed by atoms with Crippen LogP contribution in [-0.2, 0) is 15.9 Å². The van der Waals surface area contributed by atoms with Crippen molar-refractivity contribution in [3.63, 3.8) is 0 Å². The molecule has 4 nitrogen and oxygen atoms in total. The van der Waals surface area contributed by atoms with E-state index in [1.807, 2.05) is 6.92 Å². The van der Waals surface area contributed by atoms with E-state index < -0.39 is 0 Å². The van der Waals surface area contributed by atoms with Crippen molar-refractivity contribution in [3.8, 4) is 0 Å². The Morgan fingerprint density at radius 1 is 1.50 bits per heavy atom. The van der Waals surface area contributed by atoms with E-state index in [0.29, 0.717) is 23.9 Å². The summed E-state index contributed by atoms with van der Waals surface area (Å²) < 4.78 is 10.6. The Bertz CT molecular complexity index is 430.